The number of piperazine rings is 1. The van der Waals surface area contributed by atoms with Crippen molar-refractivity contribution in [3.8, 4) is 0 Å². The van der Waals surface area contributed by atoms with Crippen molar-refractivity contribution in [1.82, 2.24) is 9.80 Å². The van der Waals surface area contributed by atoms with Crippen molar-refractivity contribution in [3.05, 3.63) is 65.2 Å². The van der Waals surface area contributed by atoms with E-state index in [1.807, 2.05) is 12.1 Å². The zero-order valence-corrected chi connectivity index (χ0v) is 16.9. The molecule has 2 N–H and O–H groups in total. The van der Waals surface area contributed by atoms with Crippen molar-refractivity contribution >= 4 is 11.6 Å². The molecule has 1 amide bonds. The monoisotopic (exact) mass is 381 g/mol. The van der Waals surface area contributed by atoms with Crippen LogP contribution in [0.25, 0.3) is 0 Å². The van der Waals surface area contributed by atoms with Crippen molar-refractivity contribution in [3.63, 3.8) is 0 Å². The van der Waals surface area contributed by atoms with E-state index in [2.05, 4.69) is 58.4 Å². The first kappa shape index (κ1) is 20.5. The van der Waals surface area contributed by atoms with Crippen LogP contribution in [0.1, 0.15) is 30.0 Å². The predicted molar refractivity (Wildman–Crippen MR) is 113 cm³/mol. The third-order valence-electron chi connectivity index (χ3n) is 5.47. The summed E-state index contributed by atoms with van der Waals surface area (Å²) in [6.45, 7) is 8.71. The zero-order chi connectivity index (χ0) is 19.9. The lowest BCUT2D eigenvalue weighted by Crippen LogP contribution is -2.52. The molecule has 0 unspecified atom stereocenters. The molecule has 3 rings (SSSR count). The van der Waals surface area contributed by atoms with Crippen LogP contribution >= 0.6 is 0 Å². The molecule has 28 heavy (non-hydrogen) atoms. The quantitative estimate of drug-likeness (QED) is 0.774. The molecule has 5 nitrogen and oxygen atoms in total. The SMILES string of the molecule is CC(=O)Nc1ccc(CN2CCN(Cc3ccccc3C)[C@@H](CCO)C2)cc1. The third kappa shape index (κ3) is 5.64. The number of aliphatic hydroxyl groups excluding tert-OH is 1. The highest BCUT2D eigenvalue weighted by Crippen LogP contribution is 2.20. The van der Waals surface area contributed by atoms with E-state index in [4.69, 9.17) is 0 Å². The van der Waals surface area contributed by atoms with Crippen LogP contribution in [-0.4, -0.2) is 53.1 Å². The number of anilines is 1. The number of benzene rings is 2. The largest absolute Gasteiger partial charge is 0.396 e. The van der Waals surface area contributed by atoms with Gasteiger partial charge in [-0.2, -0.15) is 0 Å². The number of nitrogens with zero attached hydrogens (tertiary/aromatic N) is 2. The molecule has 0 bridgehead atoms. The second kappa shape index (κ2) is 9.82. The number of carbonyl (C=O) groups excluding carboxylic acids is 1. The molecule has 1 aliphatic rings. The molecule has 150 valence electrons. The van der Waals surface area contributed by atoms with Crippen molar-refractivity contribution in [2.45, 2.75) is 39.4 Å². The van der Waals surface area contributed by atoms with Gasteiger partial charge in [-0.1, -0.05) is 36.4 Å². The molecule has 0 aromatic heterocycles. The van der Waals surface area contributed by atoms with Crippen LogP contribution in [0.2, 0.25) is 0 Å². The molecule has 0 spiro atoms. The topological polar surface area (TPSA) is 55.8 Å². The molecule has 2 aromatic carbocycles. The Kier molecular flexibility index (Phi) is 7.20. The minimum Gasteiger partial charge on any atom is -0.396 e. The number of aryl methyl sites for hydroxylation is 1. The van der Waals surface area contributed by atoms with Crippen LogP contribution in [0.4, 0.5) is 5.69 Å². The maximum atomic E-state index is 11.2. The average molecular weight is 382 g/mol. The Morgan fingerprint density at radius 2 is 1.86 bits per heavy atom. The lowest BCUT2D eigenvalue weighted by Gasteiger charge is -2.41. The summed E-state index contributed by atoms with van der Waals surface area (Å²) >= 11 is 0. The maximum Gasteiger partial charge on any atom is 0.221 e. The van der Waals surface area contributed by atoms with E-state index in [0.29, 0.717) is 6.04 Å². The molecule has 1 fully saturated rings. The maximum absolute atomic E-state index is 11.2. The summed E-state index contributed by atoms with van der Waals surface area (Å²) in [7, 11) is 0. The van der Waals surface area contributed by atoms with Gasteiger partial charge >= 0.3 is 0 Å². The van der Waals surface area contributed by atoms with Gasteiger partial charge in [0.05, 0.1) is 0 Å². The van der Waals surface area contributed by atoms with Crippen LogP contribution < -0.4 is 5.32 Å². The molecule has 2 aromatic rings. The molecular formula is C23H31N3O2. The number of amides is 1. The summed E-state index contributed by atoms with van der Waals surface area (Å²) in [5, 5.41) is 12.4. The van der Waals surface area contributed by atoms with E-state index >= 15 is 0 Å². The van der Waals surface area contributed by atoms with Crippen molar-refractivity contribution in [2.24, 2.45) is 0 Å². The fraction of sp³-hybridized carbons (Fsp3) is 0.435. The Labute approximate surface area is 168 Å². The average Bonchev–Trinajstić information content (AvgIpc) is 2.67. The van der Waals surface area contributed by atoms with Gasteiger partial charge in [-0.15, -0.1) is 0 Å². The van der Waals surface area contributed by atoms with Gasteiger partial charge in [0, 0.05) is 58.0 Å². The summed E-state index contributed by atoms with van der Waals surface area (Å²) in [5.74, 6) is -0.0515. The molecule has 1 heterocycles. The van der Waals surface area contributed by atoms with Crippen LogP contribution in [0.5, 0.6) is 0 Å². The first-order chi connectivity index (χ1) is 13.5. The van der Waals surface area contributed by atoms with Crippen molar-refractivity contribution in [1.29, 1.82) is 0 Å². The van der Waals surface area contributed by atoms with Crippen molar-refractivity contribution < 1.29 is 9.90 Å². The molecule has 0 aliphatic carbocycles. The molecular weight excluding hydrogens is 350 g/mol. The van der Waals surface area contributed by atoms with E-state index in [0.717, 1.165) is 44.8 Å². The number of carbonyl (C=O) groups is 1. The summed E-state index contributed by atoms with van der Waals surface area (Å²) in [6.07, 6.45) is 0.795. The van der Waals surface area contributed by atoms with E-state index in [1.54, 1.807) is 0 Å². The standard InChI is InChI=1S/C23H31N3O2/c1-18-5-3-4-6-21(18)16-26-13-12-25(17-23(26)11-14-27)15-20-7-9-22(10-8-20)24-19(2)28/h3-10,23,27H,11-17H2,1-2H3,(H,24,28)/t23-/m0/s1. The molecule has 1 atom stereocenters. The minimum atomic E-state index is -0.0515. The van der Waals surface area contributed by atoms with Crippen LogP contribution in [0.3, 0.4) is 0 Å². The predicted octanol–water partition coefficient (Wildman–Crippen LogP) is 3.02. The Morgan fingerprint density at radius 3 is 2.54 bits per heavy atom. The molecule has 0 radical (unpaired) electrons. The Bertz CT molecular complexity index is 776. The molecule has 5 heteroatoms. The van der Waals surface area contributed by atoms with Gasteiger partial charge in [-0.3, -0.25) is 14.6 Å². The number of hydrogen-bond acceptors (Lipinski definition) is 4. The smallest absolute Gasteiger partial charge is 0.221 e. The second-order valence-corrected chi connectivity index (χ2v) is 7.68. The van der Waals surface area contributed by atoms with Crippen molar-refractivity contribution in [2.75, 3.05) is 31.6 Å². The highest BCUT2D eigenvalue weighted by molar-refractivity contribution is 5.88. The Morgan fingerprint density at radius 1 is 1.11 bits per heavy atom. The number of aliphatic hydroxyl groups is 1. The van der Waals surface area contributed by atoms with Crippen LogP contribution in [0, 0.1) is 6.92 Å². The van der Waals surface area contributed by atoms with E-state index in [-0.39, 0.29) is 12.5 Å². The highest BCUT2D eigenvalue weighted by atomic mass is 16.3. The molecule has 1 aliphatic heterocycles. The van der Waals surface area contributed by atoms with E-state index in [1.165, 1.54) is 23.6 Å². The van der Waals surface area contributed by atoms with Gasteiger partial charge in [0.15, 0.2) is 0 Å². The molecule has 1 saturated heterocycles. The van der Waals surface area contributed by atoms with Gasteiger partial charge in [0.25, 0.3) is 0 Å². The van der Waals surface area contributed by atoms with E-state index in [9.17, 15) is 9.90 Å². The van der Waals surface area contributed by atoms with Gasteiger partial charge in [0.2, 0.25) is 5.91 Å². The zero-order valence-electron chi connectivity index (χ0n) is 16.9. The summed E-state index contributed by atoms with van der Waals surface area (Å²) < 4.78 is 0. The Balaban J connectivity index is 1.60. The Hall–Kier alpha value is -2.21. The van der Waals surface area contributed by atoms with Crippen LogP contribution in [-0.2, 0) is 17.9 Å². The minimum absolute atomic E-state index is 0.0515. The lowest BCUT2D eigenvalue weighted by atomic mass is 10.0. The number of hydrogen-bond donors (Lipinski definition) is 2. The van der Waals surface area contributed by atoms with Crippen LogP contribution in [0.15, 0.2) is 48.5 Å². The number of nitrogens with one attached hydrogen (secondary N) is 1. The summed E-state index contributed by atoms with van der Waals surface area (Å²) in [6, 6.07) is 17.0. The molecule has 0 saturated carbocycles. The van der Waals surface area contributed by atoms with Gasteiger partial charge in [-0.25, -0.2) is 0 Å². The fourth-order valence-electron chi connectivity index (χ4n) is 3.89. The highest BCUT2D eigenvalue weighted by Gasteiger charge is 2.26. The van der Waals surface area contributed by atoms with E-state index < -0.39 is 0 Å². The van der Waals surface area contributed by atoms with Gasteiger partial charge in [-0.05, 0) is 42.2 Å². The first-order valence-electron chi connectivity index (χ1n) is 10.0. The summed E-state index contributed by atoms with van der Waals surface area (Å²) in [4.78, 5) is 16.1. The fourth-order valence-corrected chi connectivity index (χ4v) is 3.89. The lowest BCUT2D eigenvalue weighted by molar-refractivity contribution is -0.114. The van der Waals surface area contributed by atoms with Gasteiger partial charge < -0.3 is 10.4 Å². The third-order valence-corrected chi connectivity index (χ3v) is 5.47. The summed E-state index contributed by atoms with van der Waals surface area (Å²) in [5.41, 5.74) is 4.76. The van der Waals surface area contributed by atoms with Gasteiger partial charge in [0.1, 0.15) is 0 Å². The number of rotatable bonds is 7. The first-order valence-corrected chi connectivity index (χ1v) is 10.0. The second-order valence-electron chi connectivity index (χ2n) is 7.68. The normalized spacial score (nSPS) is 18.2.